The van der Waals surface area contributed by atoms with Gasteiger partial charge < -0.3 is 0 Å². The van der Waals surface area contributed by atoms with E-state index in [2.05, 4.69) is 12.0 Å². The van der Waals surface area contributed by atoms with Crippen LogP contribution in [-0.4, -0.2) is 15.6 Å². The number of aryl methyl sites for hydroxylation is 2. The summed E-state index contributed by atoms with van der Waals surface area (Å²) in [5.74, 6) is 0.116. The van der Waals surface area contributed by atoms with Crippen molar-refractivity contribution in [2.24, 2.45) is 7.05 Å². The molecule has 0 bridgehead atoms. The van der Waals surface area contributed by atoms with Gasteiger partial charge in [-0.15, -0.1) is 0 Å². The summed E-state index contributed by atoms with van der Waals surface area (Å²) in [6, 6.07) is 1.87. The smallest absolute Gasteiger partial charge is 0.182 e. The Morgan fingerprint density at radius 1 is 1.58 bits per heavy atom. The Hall–Kier alpha value is -1.12. The predicted octanol–water partition coefficient (Wildman–Crippen LogP) is 1.58. The molecular formula is C9H14N2O. The first kappa shape index (κ1) is 8.97. The van der Waals surface area contributed by atoms with Crippen LogP contribution in [0.4, 0.5) is 0 Å². The zero-order chi connectivity index (χ0) is 9.14. The number of ketones is 1. The lowest BCUT2D eigenvalue weighted by Gasteiger charge is -1.92. The standard InChI is InChI=1S/C9H14N2O/c1-4-7-6-8(9(12)5-2)10-11(7)3/h6H,4-5H2,1-3H3. The summed E-state index contributed by atoms with van der Waals surface area (Å²) in [7, 11) is 1.87. The van der Waals surface area contributed by atoms with E-state index >= 15 is 0 Å². The number of aromatic nitrogens is 2. The second-order valence-corrected chi connectivity index (χ2v) is 2.77. The number of carbonyl (C=O) groups is 1. The molecule has 1 aromatic heterocycles. The molecule has 0 spiro atoms. The molecule has 0 N–H and O–H groups in total. The van der Waals surface area contributed by atoms with Crippen molar-refractivity contribution in [3.63, 3.8) is 0 Å². The highest BCUT2D eigenvalue weighted by atomic mass is 16.1. The molecule has 0 aliphatic heterocycles. The molecule has 0 amide bonds. The number of nitrogens with zero attached hydrogens (tertiary/aromatic N) is 2. The van der Waals surface area contributed by atoms with E-state index in [1.54, 1.807) is 4.68 Å². The van der Waals surface area contributed by atoms with Gasteiger partial charge in [0.15, 0.2) is 5.78 Å². The van der Waals surface area contributed by atoms with E-state index in [1.165, 1.54) is 0 Å². The Labute approximate surface area is 72.4 Å². The van der Waals surface area contributed by atoms with Gasteiger partial charge in [0.25, 0.3) is 0 Å². The number of rotatable bonds is 3. The average molecular weight is 166 g/mol. The lowest BCUT2D eigenvalue weighted by atomic mass is 10.2. The van der Waals surface area contributed by atoms with Crippen molar-refractivity contribution in [3.8, 4) is 0 Å². The fraction of sp³-hybridized carbons (Fsp3) is 0.556. The fourth-order valence-corrected chi connectivity index (χ4v) is 1.15. The van der Waals surface area contributed by atoms with Crippen molar-refractivity contribution in [1.82, 2.24) is 9.78 Å². The van der Waals surface area contributed by atoms with Gasteiger partial charge in [-0.3, -0.25) is 9.48 Å². The van der Waals surface area contributed by atoms with Crippen LogP contribution in [0.1, 0.15) is 36.5 Å². The summed E-state index contributed by atoms with van der Waals surface area (Å²) in [4.78, 5) is 11.2. The summed E-state index contributed by atoms with van der Waals surface area (Å²) >= 11 is 0. The fourth-order valence-electron chi connectivity index (χ4n) is 1.15. The molecule has 1 aromatic rings. The van der Waals surface area contributed by atoms with Crippen LogP contribution in [0.5, 0.6) is 0 Å². The van der Waals surface area contributed by atoms with Crippen molar-refractivity contribution in [3.05, 3.63) is 17.5 Å². The minimum absolute atomic E-state index is 0.116. The molecule has 0 saturated heterocycles. The van der Waals surface area contributed by atoms with Crippen LogP contribution in [0.3, 0.4) is 0 Å². The van der Waals surface area contributed by atoms with Crippen LogP contribution in [-0.2, 0) is 13.5 Å². The third kappa shape index (κ3) is 1.55. The summed E-state index contributed by atoms with van der Waals surface area (Å²) in [5, 5.41) is 4.12. The summed E-state index contributed by atoms with van der Waals surface area (Å²) in [5.41, 5.74) is 1.70. The molecule has 3 nitrogen and oxygen atoms in total. The van der Waals surface area contributed by atoms with E-state index < -0.39 is 0 Å². The molecule has 0 fully saturated rings. The lowest BCUT2D eigenvalue weighted by Crippen LogP contribution is -2.00. The van der Waals surface area contributed by atoms with Crippen molar-refractivity contribution in [1.29, 1.82) is 0 Å². The van der Waals surface area contributed by atoms with E-state index in [9.17, 15) is 4.79 Å². The van der Waals surface area contributed by atoms with E-state index in [-0.39, 0.29) is 5.78 Å². The Balaban J connectivity index is 2.96. The maximum Gasteiger partial charge on any atom is 0.182 e. The number of Topliss-reactive ketones (excluding diaryl/α,β-unsaturated/α-hetero) is 1. The Bertz CT molecular complexity index is 289. The first-order valence-electron chi connectivity index (χ1n) is 4.25. The minimum atomic E-state index is 0.116. The summed E-state index contributed by atoms with van der Waals surface area (Å²) in [6.07, 6.45) is 1.45. The van der Waals surface area contributed by atoms with Crippen LogP contribution in [0.2, 0.25) is 0 Å². The molecule has 0 atom stereocenters. The van der Waals surface area contributed by atoms with Crippen LogP contribution in [0.25, 0.3) is 0 Å². The van der Waals surface area contributed by atoms with E-state index in [1.807, 2.05) is 20.0 Å². The zero-order valence-corrected chi connectivity index (χ0v) is 7.79. The van der Waals surface area contributed by atoms with Crippen molar-refractivity contribution >= 4 is 5.78 Å². The zero-order valence-electron chi connectivity index (χ0n) is 7.79. The van der Waals surface area contributed by atoms with Crippen LogP contribution >= 0.6 is 0 Å². The quantitative estimate of drug-likeness (QED) is 0.639. The van der Waals surface area contributed by atoms with Crippen molar-refractivity contribution < 1.29 is 4.79 Å². The van der Waals surface area contributed by atoms with Gasteiger partial charge in [0.1, 0.15) is 5.69 Å². The topological polar surface area (TPSA) is 34.9 Å². The van der Waals surface area contributed by atoms with Gasteiger partial charge in [-0.2, -0.15) is 5.10 Å². The minimum Gasteiger partial charge on any atom is -0.292 e. The van der Waals surface area contributed by atoms with Gasteiger partial charge in [-0.25, -0.2) is 0 Å². The second kappa shape index (κ2) is 3.52. The Morgan fingerprint density at radius 2 is 2.25 bits per heavy atom. The van der Waals surface area contributed by atoms with E-state index in [0.29, 0.717) is 12.1 Å². The number of carbonyl (C=O) groups excluding carboxylic acids is 1. The van der Waals surface area contributed by atoms with Crippen LogP contribution in [0, 0.1) is 0 Å². The molecule has 0 aliphatic rings. The monoisotopic (exact) mass is 166 g/mol. The largest absolute Gasteiger partial charge is 0.292 e. The molecule has 0 saturated carbocycles. The van der Waals surface area contributed by atoms with Gasteiger partial charge in [-0.1, -0.05) is 13.8 Å². The van der Waals surface area contributed by atoms with Gasteiger partial charge in [0.2, 0.25) is 0 Å². The van der Waals surface area contributed by atoms with Gasteiger partial charge in [-0.05, 0) is 12.5 Å². The first-order chi connectivity index (χ1) is 5.69. The third-order valence-corrected chi connectivity index (χ3v) is 1.95. The first-order valence-corrected chi connectivity index (χ1v) is 4.25. The highest BCUT2D eigenvalue weighted by Crippen LogP contribution is 2.05. The van der Waals surface area contributed by atoms with Gasteiger partial charge >= 0.3 is 0 Å². The van der Waals surface area contributed by atoms with Gasteiger partial charge in [0, 0.05) is 19.2 Å². The highest BCUT2D eigenvalue weighted by molar-refractivity contribution is 5.94. The summed E-state index contributed by atoms with van der Waals surface area (Å²) in [6.45, 7) is 3.90. The molecular weight excluding hydrogens is 152 g/mol. The molecule has 0 radical (unpaired) electrons. The second-order valence-electron chi connectivity index (χ2n) is 2.77. The highest BCUT2D eigenvalue weighted by Gasteiger charge is 2.08. The number of hydrogen-bond donors (Lipinski definition) is 0. The molecule has 12 heavy (non-hydrogen) atoms. The Morgan fingerprint density at radius 3 is 2.67 bits per heavy atom. The predicted molar refractivity (Wildman–Crippen MR) is 47.2 cm³/mol. The third-order valence-electron chi connectivity index (χ3n) is 1.95. The van der Waals surface area contributed by atoms with Crippen LogP contribution in [0.15, 0.2) is 6.07 Å². The molecule has 0 unspecified atom stereocenters. The normalized spacial score (nSPS) is 10.2. The molecule has 0 aromatic carbocycles. The van der Waals surface area contributed by atoms with Gasteiger partial charge in [0.05, 0.1) is 0 Å². The molecule has 3 heteroatoms. The average Bonchev–Trinajstić information content (AvgIpc) is 2.45. The summed E-state index contributed by atoms with van der Waals surface area (Å²) < 4.78 is 1.77. The molecule has 1 heterocycles. The maximum atomic E-state index is 11.2. The Kier molecular flexibility index (Phi) is 2.63. The molecule has 0 aliphatic carbocycles. The van der Waals surface area contributed by atoms with E-state index in [0.717, 1.165) is 12.1 Å². The van der Waals surface area contributed by atoms with Crippen molar-refractivity contribution in [2.45, 2.75) is 26.7 Å². The molecule has 1 rings (SSSR count). The van der Waals surface area contributed by atoms with Crippen LogP contribution < -0.4 is 0 Å². The molecule has 66 valence electrons. The van der Waals surface area contributed by atoms with E-state index in [4.69, 9.17) is 0 Å². The van der Waals surface area contributed by atoms with Crippen molar-refractivity contribution in [2.75, 3.05) is 0 Å². The number of hydrogen-bond acceptors (Lipinski definition) is 2. The SMILES string of the molecule is CCC(=O)c1cc(CC)n(C)n1. The maximum absolute atomic E-state index is 11.2. The lowest BCUT2D eigenvalue weighted by molar-refractivity contribution is 0.0982.